The quantitative estimate of drug-likeness (QED) is 0.688. The summed E-state index contributed by atoms with van der Waals surface area (Å²) in [5.41, 5.74) is 2.80. The molecule has 0 saturated heterocycles. The Labute approximate surface area is 162 Å². The Morgan fingerprint density at radius 3 is 2.54 bits per heavy atom. The van der Waals surface area contributed by atoms with Crippen LogP contribution in [0.3, 0.4) is 0 Å². The van der Waals surface area contributed by atoms with E-state index in [4.69, 9.17) is 0 Å². The van der Waals surface area contributed by atoms with E-state index in [0.29, 0.717) is 11.3 Å². The maximum Gasteiger partial charge on any atom is 0.253 e. The predicted octanol–water partition coefficient (Wildman–Crippen LogP) is 2.50. The van der Waals surface area contributed by atoms with Gasteiger partial charge in [-0.05, 0) is 60.0 Å². The maximum absolute atomic E-state index is 12.8. The number of nitrogens with zero attached hydrogens (tertiary/aromatic N) is 4. The Bertz CT molecular complexity index is 980. The number of tetrazole rings is 1. The lowest BCUT2D eigenvalue weighted by Gasteiger charge is -2.16. The number of hydrogen-bond donors (Lipinski definition) is 2. The summed E-state index contributed by atoms with van der Waals surface area (Å²) in [6, 6.07) is 14.4. The number of rotatable bonds is 6. The molecule has 3 aromatic rings. The maximum atomic E-state index is 12.8. The van der Waals surface area contributed by atoms with Crippen molar-refractivity contribution in [3.05, 3.63) is 66.0 Å². The molecule has 1 atom stereocenters. The third-order valence-electron chi connectivity index (χ3n) is 4.72. The SMILES string of the molecule is CC(NC(=O)c1ccccc1-n1cnnn1)c1ccc(NC(=O)C2CC2)cc1. The highest BCUT2D eigenvalue weighted by molar-refractivity contribution is 5.98. The van der Waals surface area contributed by atoms with Gasteiger partial charge in [-0.2, -0.15) is 4.68 Å². The fourth-order valence-electron chi connectivity index (χ4n) is 2.94. The van der Waals surface area contributed by atoms with Crippen molar-refractivity contribution in [2.75, 3.05) is 5.32 Å². The fraction of sp³-hybridized carbons (Fsp3) is 0.250. The first-order valence-corrected chi connectivity index (χ1v) is 9.16. The van der Waals surface area contributed by atoms with Gasteiger partial charge >= 0.3 is 0 Å². The lowest BCUT2D eigenvalue weighted by atomic mass is 10.1. The van der Waals surface area contributed by atoms with Gasteiger partial charge in [-0.3, -0.25) is 9.59 Å². The summed E-state index contributed by atoms with van der Waals surface area (Å²) in [5.74, 6) is 0.0242. The third-order valence-corrected chi connectivity index (χ3v) is 4.72. The predicted molar refractivity (Wildman–Crippen MR) is 103 cm³/mol. The summed E-state index contributed by atoms with van der Waals surface area (Å²) >= 11 is 0. The molecule has 0 radical (unpaired) electrons. The second-order valence-electron chi connectivity index (χ2n) is 6.85. The van der Waals surface area contributed by atoms with Crippen molar-refractivity contribution in [3.63, 3.8) is 0 Å². The van der Waals surface area contributed by atoms with Gasteiger partial charge in [0.1, 0.15) is 6.33 Å². The van der Waals surface area contributed by atoms with E-state index in [1.54, 1.807) is 18.2 Å². The number of para-hydroxylation sites is 1. The number of hydrogen-bond acceptors (Lipinski definition) is 5. The number of aromatic nitrogens is 4. The van der Waals surface area contributed by atoms with E-state index < -0.39 is 0 Å². The highest BCUT2D eigenvalue weighted by Gasteiger charge is 2.29. The van der Waals surface area contributed by atoms with E-state index in [2.05, 4.69) is 26.2 Å². The summed E-state index contributed by atoms with van der Waals surface area (Å²) in [6.07, 6.45) is 3.39. The normalized spacial score (nSPS) is 14.3. The topological polar surface area (TPSA) is 102 Å². The van der Waals surface area contributed by atoms with Gasteiger partial charge in [0.05, 0.1) is 17.3 Å². The standard InChI is InChI=1S/C20H20N6O2/c1-13(14-8-10-16(11-9-14)23-19(27)15-6-7-15)22-20(28)17-4-2-3-5-18(17)26-12-21-24-25-26/h2-5,8-13,15H,6-7H2,1H3,(H,22,28)(H,23,27). The lowest BCUT2D eigenvalue weighted by molar-refractivity contribution is -0.117. The number of carbonyl (C=O) groups is 2. The molecule has 1 unspecified atom stereocenters. The van der Waals surface area contributed by atoms with Crippen LogP contribution in [0, 0.1) is 5.92 Å². The van der Waals surface area contributed by atoms with Crippen LogP contribution in [-0.2, 0) is 4.79 Å². The van der Waals surface area contributed by atoms with Crippen molar-refractivity contribution in [1.29, 1.82) is 0 Å². The molecule has 1 aliphatic rings. The first kappa shape index (κ1) is 17.8. The molecule has 4 rings (SSSR count). The fourth-order valence-corrected chi connectivity index (χ4v) is 2.94. The van der Waals surface area contributed by atoms with E-state index >= 15 is 0 Å². The number of nitrogens with one attached hydrogen (secondary N) is 2. The van der Waals surface area contributed by atoms with Gasteiger partial charge in [-0.25, -0.2) is 0 Å². The van der Waals surface area contributed by atoms with E-state index in [1.807, 2.05) is 37.3 Å². The Kier molecular flexibility index (Phi) is 4.84. The molecule has 0 aliphatic heterocycles. The molecular formula is C20H20N6O2. The molecule has 1 aliphatic carbocycles. The first-order valence-electron chi connectivity index (χ1n) is 9.16. The molecule has 1 aromatic heterocycles. The molecule has 2 N–H and O–H groups in total. The molecule has 1 saturated carbocycles. The second-order valence-corrected chi connectivity index (χ2v) is 6.85. The molecule has 0 spiro atoms. The van der Waals surface area contributed by atoms with Crippen molar-refractivity contribution >= 4 is 17.5 Å². The van der Waals surface area contributed by atoms with Crippen molar-refractivity contribution in [3.8, 4) is 5.69 Å². The molecule has 1 heterocycles. The van der Waals surface area contributed by atoms with Gasteiger partial charge in [-0.1, -0.05) is 24.3 Å². The summed E-state index contributed by atoms with van der Waals surface area (Å²) < 4.78 is 1.46. The van der Waals surface area contributed by atoms with E-state index in [-0.39, 0.29) is 23.8 Å². The molecule has 1 fully saturated rings. The summed E-state index contributed by atoms with van der Waals surface area (Å²) in [7, 11) is 0. The van der Waals surface area contributed by atoms with Crippen LogP contribution in [0.25, 0.3) is 5.69 Å². The highest BCUT2D eigenvalue weighted by Crippen LogP contribution is 2.30. The Balaban J connectivity index is 1.44. The van der Waals surface area contributed by atoms with Crippen LogP contribution in [0.4, 0.5) is 5.69 Å². The molecule has 2 amide bonds. The van der Waals surface area contributed by atoms with Crippen molar-refractivity contribution < 1.29 is 9.59 Å². The number of carbonyl (C=O) groups excluding carboxylic acids is 2. The zero-order chi connectivity index (χ0) is 19.5. The minimum absolute atomic E-state index is 0.0771. The third kappa shape index (κ3) is 3.90. The first-order chi connectivity index (χ1) is 13.6. The lowest BCUT2D eigenvalue weighted by Crippen LogP contribution is -2.27. The van der Waals surface area contributed by atoms with Gasteiger partial charge < -0.3 is 10.6 Å². The van der Waals surface area contributed by atoms with Crippen LogP contribution in [0.15, 0.2) is 54.9 Å². The van der Waals surface area contributed by atoms with E-state index in [1.165, 1.54) is 11.0 Å². The molecular weight excluding hydrogens is 356 g/mol. The van der Waals surface area contributed by atoms with Crippen molar-refractivity contribution in [2.45, 2.75) is 25.8 Å². The number of amides is 2. The molecule has 8 nitrogen and oxygen atoms in total. The van der Waals surface area contributed by atoms with Crippen LogP contribution >= 0.6 is 0 Å². The van der Waals surface area contributed by atoms with Gasteiger partial charge in [-0.15, -0.1) is 5.10 Å². The molecule has 8 heteroatoms. The zero-order valence-electron chi connectivity index (χ0n) is 15.4. The number of benzene rings is 2. The molecule has 28 heavy (non-hydrogen) atoms. The Hall–Kier alpha value is -3.55. The van der Waals surface area contributed by atoms with Gasteiger partial charge in [0.2, 0.25) is 5.91 Å². The van der Waals surface area contributed by atoms with E-state index in [9.17, 15) is 9.59 Å². The Morgan fingerprint density at radius 2 is 1.86 bits per heavy atom. The van der Waals surface area contributed by atoms with Crippen LogP contribution in [0.5, 0.6) is 0 Å². The van der Waals surface area contributed by atoms with Crippen molar-refractivity contribution in [1.82, 2.24) is 25.5 Å². The summed E-state index contributed by atoms with van der Waals surface area (Å²) in [6.45, 7) is 1.91. The van der Waals surface area contributed by atoms with Crippen LogP contribution < -0.4 is 10.6 Å². The van der Waals surface area contributed by atoms with Crippen molar-refractivity contribution in [2.24, 2.45) is 5.92 Å². The minimum atomic E-state index is -0.218. The summed E-state index contributed by atoms with van der Waals surface area (Å²) in [5, 5.41) is 17.0. The molecule has 142 valence electrons. The second kappa shape index (κ2) is 7.59. The van der Waals surface area contributed by atoms with E-state index in [0.717, 1.165) is 24.1 Å². The highest BCUT2D eigenvalue weighted by atomic mass is 16.2. The minimum Gasteiger partial charge on any atom is -0.345 e. The van der Waals surface area contributed by atoms with Gasteiger partial charge in [0.25, 0.3) is 5.91 Å². The van der Waals surface area contributed by atoms with Crippen LogP contribution in [-0.4, -0.2) is 32.0 Å². The molecule has 2 aromatic carbocycles. The smallest absolute Gasteiger partial charge is 0.253 e. The Morgan fingerprint density at radius 1 is 1.11 bits per heavy atom. The average Bonchev–Trinajstić information content (AvgIpc) is 3.43. The number of anilines is 1. The summed E-state index contributed by atoms with van der Waals surface area (Å²) in [4.78, 5) is 24.6. The monoisotopic (exact) mass is 376 g/mol. The van der Waals surface area contributed by atoms with Crippen LogP contribution in [0.1, 0.15) is 41.7 Å². The zero-order valence-corrected chi connectivity index (χ0v) is 15.4. The average molecular weight is 376 g/mol. The largest absolute Gasteiger partial charge is 0.345 e. The van der Waals surface area contributed by atoms with Gasteiger partial charge in [0, 0.05) is 11.6 Å². The van der Waals surface area contributed by atoms with Gasteiger partial charge in [0.15, 0.2) is 0 Å². The van der Waals surface area contributed by atoms with Crippen LogP contribution in [0.2, 0.25) is 0 Å². The molecule has 0 bridgehead atoms.